The number of carbonyl (C=O) groups excluding carboxylic acids is 1. The van der Waals surface area contributed by atoms with Crippen LogP contribution in [0.1, 0.15) is 15.9 Å². The average Bonchev–Trinajstić information content (AvgIpc) is 2.37. The Morgan fingerprint density at radius 3 is 2.44 bits per heavy atom. The molecule has 18 heavy (non-hydrogen) atoms. The third-order valence-electron chi connectivity index (χ3n) is 2.62. The van der Waals surface area contributed by atoms with E-state index >= 15 is 0 Å². The molecule has 4 nitrogen and oxygen atoms in total. The van der Waals surface area contributed by atoms with E-state index in [0.717, 1.165) is 5.56 Å². The van der Waals surface area contributed by atoms with Crippen molar-refractivity contribution in [3.05, 3.63) is 59.7 Å². The van der Waals surface area contributed by atoms with E-state index in [1.54, 1.807) is 18.2 Å². The van der Waals surface area contributed by atoms with Gasteiger partial charge >= 0.3 is 0 Å². The molecule has 5 N–H and O–H groups in total. The molecule has 0 aromatic heterocycles. The van der Waals surface area contributed by atoms with Gasteiger partial charge in [-0.1, -0.05) is 30.3 Å². The van der Waals surface area contributed by atoms with Crippen LogP contribution in [0, 0.1) is 0 Å². The maximum atomic E-state index is 11.9. The van der Waals surface area contributed by atoms with Crippen molar-refractivity contribution in [3.8, 4) is 0 Å². The molecule has 0 fully saturated rings. The monoisotopic (exact) mass is 241 g/mol. The van der Waals surface area contributed by atoms with Crippen molar-refractivity contribution in [1.29, 1.82) is 0 Å². The SMILES string of the molecule is Nc1ccc(C(=O)NCc2ccccc2)c(N)c1. The fraction of sp³-hybridized carbons (Fsp3) is 0.0714. The van der Waals surface area contributed by atoms with Gasteiger partial charge in [0.15, 0.2) is 0 Å². The highest BCUT2D eigenvalue weighted by Crippen LogP contribution is 2.15. The van der Waals surface area contributed by atoms with Gasteiger partial charge in [-0.05, 0) is 23.8 Å². The molecule has 1 amide bonds. The highest BCUT2D eigenvalue weighted by Gasteiger charge is 2.09. The molecule has 0 spiro atoms. The van der Waals surface area contributed by atoms with Crippen LogP contribution < -0.4 is 16.8 Å². The average molecular weight is 241 g/mol. The van der Waals surface area contributed by atoms with Crippen molar-refractivity contribution >= 4 is 17.3 Å². The third-order valence-corrected chi connectivity index (χ3v) is 2.62. The molecule has 92 valence electrons. The summed E-state index contributed by atoms with van der Waals surface area (Å²) in [7, 11) is 0. The fourth-order valence-corrected chi connectivity index (χ4v) is 1.66. The molecule has 0 saturated carbocycles. The maximum absolute atomic E-state index is 11.9. The maximum Gasteiger partial charge on any atom is 0.253 e. The van der Waals surface area contributed by atoms with E-state index in [1.807, 2.05) is 30.3 Å². The minimum absolute atomic E-state index is 0.198. The highest BCUT2D eigenvalue weighted by molar-refractivity contribution is 5.99. The molecule has 0 radical (unpaired) electrons. The number of nitrogens with two attached hydrogens (primary N) is 2. The molecule has 2 rings (SSSR count). The van der Waals surface area contributed by atoms with E-state index in [-0.39, 0.29) is 5.91 Å². The lowest BCUT2D eigenvalue weighted by Gasteiger charge is -2.08. The van der Waals surface area contributed by atoms with Crippen LogP contribution in [0.15, 0.2) is 48.5 Å². The first-order chi connectivity index (χ1) is 8.66. The predicted molar refractivity (Wildman–Crippen MR) is 72.9 cm³/mol. The Balaban J connectivity index is 2.04. The molecular formula is C14H15N3O. The molecule has 0 aliphatic heterocycles. The summed E-state index contributed by atoms with van der Waals surface area (Å²) in [6.45, 7) is 0.476. The second kappa shape index (κ2) is 5.23. The van der Waals surface area contributed by atoms with Crippen LogP contribution in [-0.2, 0) is 6.54 Å². The number of amides is 1. The molecule has 0 unspecified atom stereocenters. The Kier molecular flexibility index (Phi) is 3.48. The number of hydrogen-bond acceptors (Lipinski definition) is 3. The Bertz CT molecular complexity index is 552. The van der Waals surface area contributed by atoms with Crippen LogP contribution in [0.5, 0.6) is 0 Å². The molecule has 4 heteroatoms. The van der Waals surface area contributed by atoms with E-state index in [0.29, 0.717) is 23.5 Å². The van der Waals surface area contributed by atoms with Gasteiger partial charge in [-0.25, -0.2) is 0 Å². The van der Waals surface area contributed by atoms with Gasteiger partial charge in [-0.15, -0.1) is 0 Å². The van der Waals surface area contributed by atoms with Crippen LogP contribution in [0.2, 0.25) is 0 Å². The van der Waals surface area contributed by atoms with Gasteiger partial charge in [0.05, 0.1) is 5.56 Å². The number of benzene rings is 2. The highest BCUT2D eigenvalue weighted by atomic mass is 16.1. The molecule has 2 aromatic rings. The summed E-state index contributed by atoms with van der Waals surface area (Å²) in [5.41, 5.74) is 13.8. The number of rotatable bonds is 3. The fourth-order valence-electron chi connectivity index (χ4n) is 1.66. The van der Waals surface area contributed by atoms with Gasteiger partial charge in [0.25, 0.3) is 5.91 Å². The Morgan fingerprint density at radius 2 is 1.78 bits per heavy atom. The van der Waals surface area contributed by atoms with Gasteiger partial charge in [-0.3, -0.25) is 4.79 Å². The van der Waals surface area contributed by atoms with Crippen molar-refractivity contribution in [3.63, 3.8) is 0 Å². The predicted octanol–water partition coefficient (Wildman–Crippen LogP) is 1.78. The summed E-state index contributed by atoms with van der Waals surface area (Å²) >= 11 is 0. The summed E-state index contributed by atoms with van der Waals surface area (Å²) in [6, 6.07) is 14.6. The topological polar surface area (TPSA) is 81.1 Å². The molecule has 0 heterocycles. The zero-order valence-electron chi connectivity index (χ0n) is 9.89. The van der Waals surface area contributed by atoms with Crippen molar-refractivity contribution < 1.29 is 4.79 Å². The summed E-state index contributed by atoms with van der Waals surface area (Å²) in [5.74, 6) is -0.198. The second-order valence-corrected chi connectivity index (χ2v) is 4.01. The van der Waals surface area contributed by atoms with E-state index < -0.39 is 0 Å². The quantitative estimate of drug-likeness (QED) is 0.716. The minimum Gasteiger partial charge on any atom is -0.399 e. The van der Waals surface area contributed by atoms with E-state index in [1.165, 1.54) is 0 Å². The lowest BCUT2D eigenvalue weighted by molar-refractivity contribution is 0.0952. The largest absolute Gasteiger partial charge is 0.399 e. The Morgan fingerprint density at radius 1 is 1.06 bits per heavy atom. The van der Waals surface area contributed by atoms with Crippen LogP contribution in [-0.4, -0.2) is 5.91 Å². The van der Waals surface area contributed by atoms with Crippen molar-refractivity contribution in [2.24, 2.45) is 0 Å². The number of anilines is 2. The van der Waals surface area contributed by atoms with Gasteiger partial charge in [0.2, 0.25) is 0 Å². The normalized spacial score (nSPS) is 10.0. The number of carbonyl (C=O) groups is 1. The van der Waals surface area contributed by atoms with Crippen molar-refractivity contribution in [2.75, 3.05) is 11.5 Å². The molecule has 0 aliphatic carbocycles. The molecular weight excluding hydrogens is 226 g/mol. The van der Waals surface area contributed by atoms with Crippen molar-refractivity contribution in [1.82, 2.24) is 5.32 Å². The van der Waals surface area contributed by atoms with E-state index in [9.17, 15) is 4.79 Å². The third kappa shape index (κ3) is 2.79. The summed E-state index contributed by atoms with van der Waals surface area (Å²) < 4.78 is 0. The second-order valence-electron chi connectivity index (χ2n) is 4.01. The van der Waals surface area contributed by atoms with E-state index in [2.05, 4.69) is 5.32 Å². The smallest absolute Gasteiger partial charge is 0.253 e. The first kappa shape index (κ1) is 12.0. The zero-order chi connectivity index (χ0) is 13.0. The van der Waals surface area contributed by atoms with Crippen molar-refractivity contribution in [2.45, 2.75) is 6.54 Å². The lowest BCUT2D eigenvalue weighted by Crippen LogP contribution is -2.23. The van der Waals surface area contributed by atoms with E-state index in [4.69, 9.17) is 11.5 Å². The first-order valence-corrected chi connectivity index (χ1v) is 5.64. The Hall–Kier alpha value is -2.49. The van der Waals surface area contributed by atoms with Crippen LogP contribution in [0.3, 0.4) is 0 Å². The zero-order valence-corrected chi connectivity index (χ0v) is 9.89. The minimum atomic E-state index is -0.198. The molecule has 0 aliphatic rings. The van der Waals surface area contributed by atoms with Crippen LogP contribution >= 0.6 is 0 Å². The summed E-state index contributed by atoms with van der Waals surface area (Å²) in [4.78, 5) is 11.9. The lowest BCUT2D eigenvalue weighted by atomic mass is 10.1. The molecule has 2 aromatic carbocycles. The van der Waals surface area contributed by atoms with Gasteiger partial charge in [0.1, 0.15) is 0 Å². The summed E-state index contributed by atoms with van der Waals surface area (Å²) in [6.07, 6.45) is 0. The van der Waals surface area contributed by atoms with Crippen LogP contribution in [0.25, 0.3) is 0 Å². The first-order valence-electron chi connectivity index (χ1n) is 5.64. The van der Waals surface area contributed by atoms with Crippen LogP contribution in [0.4, 0.5) is 11.4 Å². The Labute approximate surface area is 106 Å². The summed E-state index contributed by atoms with van der Waals surface area (Å²) in [5, 5.41) is 2.82. The number of nitrogens with one attached hydrogen (secondary N) is 1. The molecule has 0 saturated heterocycles. The molecule has 0 atom stereocenters. The molecule has 0 bridgehead atoms. The van der Waals surface area contributed by atoms with Gasteiger partial charge in [-0.2, -0.15) is 0 Å². The standard InChI is InChI=1S/C14H15N3O/c15-11-6-7-12(13(16)8-11)14(18)17-9-10-4-2-1-3-5-10/h1-8H,9,15-16H2,(H,17,18). The van der Waals surface area contributed by atoms with Gasteiger partial charge < -0.3 is 16.8 Å². The number of hydrogen-bond donors (Lipinski definition) is 3. The van der Waals surface area contributed by atoms with Gasteiger partial charge in [0, 0.05) is 17.9 Å². The number of nitrogen functional groups attached to an aromatic ring is 2.